The normalized spacial score (nSPS) is 12.2. The molecule has 0 fully saturated rings. The average molecular weight is 255 g/mol. The third-order valence-corrected chi connectivity index (χ3v) is 3.38. The summed E-state index contributed by atoms with van der Waals surface area (Å²) >= 11 is 0. The number of aryl methyl sites for hydroxylation is 2. The third-order valence-electron chi connectivity index (χ3n) is 3.38. The summed E-state index contributed by atoms with van der Waals surface area (Å²) in [6, 6.07) is 14.3. The predicted octanol–water partition coefficient (Wildman–Crippen LogP) is 3.90. The highest BCUT2D eigenvalue weighted by Crippen LogP contribution is 2.24. The first-order valence-corrected chi connectivity index (χ1v) is 6.61. The fraction of sp³-hybridized carbons (Fsp3) is 0.294. The topological polar surface area (TPSA) is 35.2 Å². The number of hydrogen-bond acceptors (Lipinski definition) is 2. The van der Waals surface area contributed by atoms with Gasteiger partial charge in [-0.05, 0) is 43.5 Å². The molecule has 2 nitrogen and oxygen atoms in total. The first-order valence-electron chi connectivity index (χ1n) is 6.61. The van der Waals surface area contributed by atoms with Crippen molar-refractivity contribution in [2.45, 2.75) is 33.4 Å². The highest BCUT2D eigenvalue weighted by molar-refractivity contribution is 5.36. The fourth-order valence-corrected chi connectivity index (χ4v) is 2.04. The van der Waals surface area contributed by atoms with Crippen molar-refractivity contribution < 1.29 is 4.74 Å². The molecule has 0 heterocycles. The second kappa shape index (κ2) is 5.89. The lowest BCUT2D eigenvalue weighted by atomic mass is 10.1. The summed E-state index contributed by atoms with van der Waals surface area (Å²) in [5.41, 5.74) is 10.8. The van der Waals surface area contributed by atoms with E-state index in [-0.39, 0.29) is 6.04 Å². The second-order valence-electron chi connectivity index (χ2n) is 5.03. The number of ether oxygens (including phenoxy) is 1. The molecule has 0 bridgehead atoms. The quantitative estimate of drug-likeness (QED) is 0.899. The molecule has 1 atom stereocenters. The van der Waals surface area contributed by atoms with Crippen LogP contribution in [-0.2, 0) is 6.61 Å². The van der Waals surface area contributed by atoms with Crippen molar-refractivity contribution in [3.05, 3.63) is 64.7 Å². The van der Waals surface area contributed by atoms with E-state index in [0.717, 1.165) is 11.3 Å². The van der Waals surface area contributed by atoms with Gasteiger partial charge in [0.15, 0.2) is 0 Å². The minimum Gasteiger partial charge on any atom is -0.489 e. The molecule has 0 amide bonds. The number of hydrogen-bond donors (Lipinski definition) is 1. The number of rotatable bonds is 4. The van der Waals surface area contributed by atoms with E-state index in [1.807, 2.05) is 31.2 Å². The van der Waals surface area contributed by atoms with Gasteiger partial charge in [-0.15, -0.1) is 0 Å². The molecule has 0 spiro atoms. The Morgan fingerprint density at radius 3 is 2.47 bits per heavy atom. The van der Waals surface area contributed by atoms with Crippen LogP contribution in [0.4, 0.5) is 0 Å². The highest BCUT2D eigenvalue weighted by Gasteiger charge is 2.07. The Hall–Kier alpha value is -1.80. The summed E-state index contributed by atoms with van der Waals surface area (Å²) in [5.74, 6) is 0.871. The van der Waals surface area contributed by atoms with E-state index in [0.29, 0.717) is 6.61 Å². The molecule has 100 valence electrons. The Morgan fingerprint density at radius 2 is 1.79 bits per heavy atom. The van der Waals surface area contributed by atoms with Gasteiger partial charge in [0, 0.05) is 11.6 Å². The lowest BCUT2D eigenvalue weighted by Gasteiger charge is -2.14. The average Bonchev–Trinajstić information content (AvgIpc) is 2.40. The standard InChI is InChI=1S/C17H21NO/c1-12-8-9-15(10-13(12)2)11-19-17-7-5-4-6-16(17)14(3)18/h4-10,14H,11,18H2,1-3H3. The molecule has 0 aliphatic heterocycles. The van der Waals surface area contributed by atoms with Crippen molar-refractivity contribution in [3.63, 3.8) is 0 Å². The van der Waals surface area contributed by atoms with Crippen LogP contribution >= 0.6 is 0 Å². The maximum absolute atomic E-state index is 5.95. The molecule has 2 aromatic carbocycles. The van der Waals surface area contributed by atoms with Crippen molar-refractivity contribution >= 4 is 0 Å². The molecule has 2 rings (SSSR count). The van der Waals surface area contributed by atoms with Gasteiger partial charge >= 0.3 is 0 Å². The number of benzene rings is 2. The van der Waals surface area contributed by atoms with Crippen LogP contribution in [0.3, 0.4) is 0 Å². The van der Waals surface area contributed by atoms with Crippen LogP contribution in [0, 0.1) is 13.8 Å². The Bertz CT molecular complexity index is 561. The van der Waals surface area contributed by atoms with Gasteiger partial charge in [0.1, 0.15) is 12.4 Å². The van der Waals surface area contributed by atoms with E-state index in [1.54, 1.807) is 0 Å². The van der Waals surface area contributed by atoms with Crippen LogP contribution in [0.1, 0.15) is 35.2 Å². The molecule has 19 heavy (non-hydrogen) atoms. The summed E-state index contributed by atoms with van der Waals surface area (Å²) in [6.45, 7) is 6.78. The first-order chi connectivity index (χ1) is 9.08. The molecule has 2 heteroatoms. The lowest BCUT2D eigenvalue weighted by molar-refractivity contribution is 0.301. The van der Waals surface area contributed by atoms with Gasteiger partial charge in [0.05, 0.1) is 0 Å². The summed E-state index contributed by atoms with van der Waals surface area (Å²) in [5, 5.41) is 0. The maximum atomic E-state index is 5.95. The molecular weight excluding hydrogens is 234 g/mol. The van der Waals surface area contributed by atoms with Gasteiger partial charge in [-0.25, -0.2) is 0 Å². The summed E-state index contributed by atoms with van der Waals surface area (Å²) in [7, 11) is 0. The molecule has 0 radical (unpaired) electrons. The molecule has 0 aromatic heterocycles. The highest BCUT2D eigenvalue weighted by atomic mass is 16.5. The molecule has 2 aromatic rings. The lowest BCUT2D eigenvalue weighted by Crippen LogP contribution is -2.08. The van der Waals surface area contributed by atoms with E-state index in [9.17, 15) is 0 Å². The SMILES string of the molecule is Cc1ccc(COc2ccccc2C(C)N)cc1C. The van der Waals surface area contributed by atoms with Gasteiger partial charge in [-0.1, -0.05) is 36.4 Å². The van der Waals surface area contributed by atoms with Crippen LogP contribution < -0.4 is 10.5 Å². The van der Waals surface area contributed by atoms with Crippen molar-refractivity contribution in [2.75, 3.05) is 0 Å². The Balaban J connectivity index is 2.12. The van der Waals surface area contributed by atoms with Crippen molar-refractivity contribution in [3.8, 4) is 5.75 Å². The minimum atomic E-state index is -0.0176. The van der Waals surface area contributed by atoms with Crippen LogP contribution in [0.25, 0.3) is 0 Å². The van der Waals surface area contributed by atoms with Crippen LogP contribution in [-0.4, -0.2) is 0 Å². The molecule has 0 saturated heterocycles. The number of nitrogens with two attached hydrogens (primary N) is 1. The maximum Gasteiger partial charge on any atom is 0.124 e. The zero-order valence-corrected chi connectivity index (χ0v) is 11.8. The predicted molar refractivity (Wildman–Crippen MR) is 79.3 cm³/mol. The molecule has 1 unspecified atom stereocenters. The fourth-order valence-electron chi connectivity index (χ4n) is 2.04. The summed E-state index contributed by atoms with van der Waals surface area (Å²) in [6.07, 6.45) is 0. The smallest absolute Gasteiger partial charge is 0.124 e. The van der Waals surface area contributed by atoms with E-state index >= 15 is 0 Å². The molecule has 0 aliphatic rings. The van der Waals surface area contributed by atoms with E-state index < -0.39 is 0 Å². The minimum absolute atomic E-state index is 0.0176. The summed E-state index contributed by atoms with van der Waals surface area (Å²) in [4.78, 5) is 0. The zero-order valence-electron chi connectivity index (χ0n) is 11.8. The van der Waals surface area contributed by atoms with Crippen LogP contribution in [0.5, 0.6) is 5.75 Å². The van der Waals surface area contributed by atoms with Gasteiger partial charge < -0.3 is 10.5 Å². The van der Waals surface area contributed by atoms with Crippen molar-refractivity contribution in [2.24, 2.45) is 5.73 Å². The van der Waals surface area contributed by atoms with E-state index in [1.165, 1.54) is 16.7 Å². The molecule has 0 saturated carbocycles. The number of para-hydroxylation sites is 1. The molecule has 0 aliphatic carbocycles. The van der Waals surface area contributed by atoms with Crippen LogP contribution in [0.15, 0.2) is 42.5 Å². The van der Waals surface area contributed by atoms with Crippen LogP contribution in [0.2, 0.25) is 0 Å². The van der Waals surface area contributed by atoms with Crippen molar-refractivity contribution in [1.82, 2.24) is 0 Å². The van der Waals surface area contributed by atoms with E-state index in [4.69, 9.17) is 10.5 Å². The molecular formula is C17H21NO. The van der Waals surface area contributed by atoms with Gasteiger partial charge in [0.2, 0.25) is 0 Å². The summed E-state index contributed by atoms with van der Waals surface area (Å²) < 4.78 is 5.90. The Morgan fingerprint density at radius 1 is 1.05 bits per heavy atom. The zero-order chi connectivity index (χ0) is 13.8. The van der Waals surface area contributed by atoms with E-state index in [2.05, 4.69) is 32.0 Å². The second-order valence-corrected chi connectivity index (χ2v) is 5.03. The monoisotopic (exact) mass is 255 g/mol. The van der Waals surface area contributed by atoms with Gasteiger partial charge in [0.25, 0.3) is 0 Å². The molecule has 2 N–H and O–H groups in total. The Labute approximate surface area is 115 Å². The van der Waals surface area contributed by atoms with Gasteiger partial charge in [-0.2, -0.15) is 0 Å². The first kappa shape index (κ1) is 13.6. The Kier molecular flexibility index (Phi) is 4.23. The third kappa shape index (κ3) is 3.36. The van der Waals surface area contributed by atoms with Gasteiger partial charge in [-0.3, -0.25) is 0 Å². The largest absolute Gasteiger partial charge is 0.489 e. The van der Waals surface area contributed by atoms with Crippen molar-refractivity contribution in [1.29, 1.82) is 0 Å².